The van der Waals surface area contributed by atoms with E-state index >= 15 is 0 Å². The highest BCUT2D eigenvalue weighted by Gasteiger charge is 2.26. The molecule has 2 unspecified atom stereocenters. The Morgan fingerprint density at radius 1 is 1.59 bits per heavy atom. The van der Waals surface area contributed by atoms with E-state index in [0.717, 1.165) is 24.0 Å². The van der Waals surface area contributed by atoms with Crippen molar-refractivity contribution in [2.45, 2.75) is 38.8 Å². The Balaban J connectivity index is 1.95. The quantitative estimate of drug-likeness (QED) is 0.911. The fourth-order valence-electron chi connectivity index (χ4n) is 2.64. The van der Waals surface area contributed by atoms with Gasteiger partial charge in [-0.3, -0.25) is 4.90 Å². The predicted molar refractivity (Wildman–Crippen MR) is 75.6 cm³/mol. The topological polar surface area (TPSA) is 29.3 Å². The Morgan fingerprint density at radius 2 is 2.41 bits per heavy atom. The van der Waals surface area contributed by atoms with Crippen LogP contribution in [-0.4, -0.2) is 24.0 Å². The largest absolute Gasteiger partial charge is 0.329 e. The summed E-state index contributed by atoms with van der Waals surface area (Å²) in [6.45, 7) is 5.24. The smallest absolute Gasteiger partial charge is 0.0516 e. The van der Waals surface area contributed by atoms with Gasteiger partial charge >= 0.3 is 0 Å². The molecule has 0 bridgehead atoms. The minimum absolute atomic E-state index is 0.551. The number of hydrogen-bond donors (Lipinski definition) is 1. The first-order valence-corrected chi connectivity index (χ1v) is 7.65. The highest BCUT2D eigenvalue weighted by Crippen LogP contribution is 2.28. The summed E-state index contributed by atoms with van der Waals surface area (Å²) in [7, 11) is 0. The lowest BCUT2D eigenvalue weighted by Gasteiger charge is -2.38. The third-order valence-electron chi connectivity index (χ3n) is 3.78. The van der Waals surface area contributed by atoms with Crippen LogP contribution in [0.2, 0.25) is 5.02 Å². The molecule has 0 aliphatic carbocycles. The lowest BCUT2D eigenvalue weighted by atomic mass is 9.89. The molecule has 2 nitrogen and oxygen atoms in total. The van der Waals surface area contributed by atoms with Gasteiger partial charge in [0.2, 0.25) is 0 Å². The molecular formula is C13H21ClN2S. The second-order valence-electron chi connectivity index (χ2n) is 4.89. The summed E-state index contributed by atoms with van der Waals surface area (Å²) in [6.07, 6.45) is 3.85. The van der Waals surface area contributed by atoms with E-state index < -0.39 is 0 Å². The molecule has 2 atom stereocenters. The fraction of sp³-hybridized carbons (Fsp3) is 0.692. The van der Waals surface area contributed by atoms with Crippen LogP contribution in [0.25, 0.3) is 0 Å². The lowest BCUT2D eigenvalue weighted by molar-refractivity contribution is 0.108. The molecule has 2 heterocycles. The number of nitrogens with zero attached hydrogens (tertiary/aromatic N) is 1. The molecule has 0 radical (unpaired) electrons. The zero-order valence-electron chi connectivity index (χ0n) is 10.4. The van der Waals surface area contributed by atoms with Crippen molar-refractivity contribution in [2.24, 2.45) is 11.7 Å². The van der Waals surface area contributed by atoms with E-state index in [4.69, 9.17) is 17.3 Å². The van der Waals surface area contributed by atoms with Gasteiger partial charge in [-0.15, -0.1) is 11.3 Å². The van der Waals surface area contributed by atoms with Gasteiger partial charge in [0.05, 0.1) is 5.02 Å². The number of piperidine rings is 1. The summed E-state index contributed by atoms with van der Waals surface area (Å²) in [5.74, 6) is 0.867. The van der Waals surface area contributed by atoms with Crippen LogP contribution in [0.4, 0.5) is 0 Å². The van der Waals surface area contributed by atoms with Crippen molar-refractivity contribution in [3.8, 4) is 0 Å². The maximum Gasteiger partial charge on any atom is 0.0516 e. The zero-order valence-corrected chi connectivity index (χ0v) is 11.9. The van der Waals surface area contributed by atoms with Gasteiger partial charge in [0.1, 0.15) is 0 Å². The third kappa shape index (κ3) is 3.44. The molecule has 1 aromatic rings. The molecule has 1 aromatic heterocycles. The van der Waals surface area contributed by atoms with Crippen LogP contribution in [0.3, 0.4) is 0 Å². The van der Waals surface area contributed by atoms with Crippen LogP contribution in [0, 0.1) is 5.92 Å². The summed E-state index contributed by atoms with van der Waals surface area (Å²) < 4.78 is 0. The first-order chi connectivity index (χ1) is 8.22. The van der Waals surface area contributed by atoms with Crippen molar-refractivity contribution < 1.29 is 0 Å². The first kappa shape index (κ1) is 13.3. The molecule has 0 amide bonds. The standard InChI is InChI=1S/C13H21ClN2S/c1-2-10-3-4-16(12(5-10)7-15)8-13-6-11(14)9-17-13/h6,9-10,12H,2-5,7-8,15H2,1H3. The van der Waals surface area contributed by atoms with Gasteiger partial charge in [0.25, 0.3) is 0 Å². The summed E-state index contributed by atoms with van der Waals surface area (Å²) >= 11 is 7.71. The van der Waals surface area contributed by atoms with E-state index in [-0.39, 0.29) is 0 Å². The molecule has 96 valence electrons. The number of hydrogen-bond acceptors (Lipinski definition) is 3. The highest BCUT2D eigenvalue weighted by molar-refractivity contribution is 7.10. The molecule has 17 heavy (non-hydrogen) atoms. The average Bonchev–Trinajstić information content (AvgIpc) is 2.75. The van der Waals surface area contributed by atoms with Gasteiger partial charge in [-0.1, -0.05) is 24.9 Å². The van der Waals surface area contributed by atoms with E-state index in [2.05, 4.69) is 17.9 Å². The number of likely N-dealkylation sites (tertiary alicyclic amines) is 1. The van der Waals surface area contributed by atoms with Gasteiger partial charge in [0.15, 0.2) is 0 Å². The van der Waals surface area contributed by atoms with Crippen molar-refractivity contribution >= 4 is 22.9 Å². The lowest BCUT2D eigenvalue weighted by Crippen LogP contribution is -2.45. The van der Waals surface area contributed by atoms with Crippen LogP contribution in [0.5, 0.6) is 0 Å². The predicted octanol–water partition coefficient (Wildman–Crippen LogP) is 3.35. The summed E-state index contributed by atoms with van der Waals surface area (Å²) in [5, 5.41) is 2.87. The summed E-state index contributed by atoms with van der Waals surface area (Å²) in [4.78, 5) is 3.87. The molecule has 1 saturated heterocycles. The van der Waals surface area contributed by atoms with Gasteiger partial charge in [0, 0.05) is 29.4 Å². The molecule has 1 aliphatic heterocycles. The number of nitrogens with two attached hydrogens (primary N) is 1. The maximum absolute atomic E-state index is 5.96. The van der Waals surface area contributed by atoms with Crippen molar-refractivity contribution in [2.75, 3.05) is 13.1 Å². The molecule has 2 rings (SSSR count). The molecule has 1 fully saturated rings. The number of thiophene rings is 1. The van der Waals surface area contributed by atoms with Crippen molar-refractivity contribution in [3.63, 3.8) is 0 Å². The monoisotopic (exact) mass is 272 g/mol. The number of rotatable bonds is 4. The Kier molecular flexibility index (Phi) is 4.86. The van der Waals surface area contributed by atoms with Crippen LogP contribution < -0.4 is 5.73 Å². The van der Waals surface area contributed by atoms with Gasteiger partial charge in [-0.05, 0) is 31.4 Å². The minimum atomic E-state index is 0.551. The zero-order chi connectivity index (χ0) is 12.3. The van der Waals surface area contributed by atoms with Crippen molar-refractivity contribution in [3.05, 3.63) is 21.3 Å². The molecule has 1 aliphatic rings. The average molecular weight is 273 g/mol. The Labute approximate surface area is 113 Å². The second-order valence-corrected chi connectivity index (χ2v) is 6.32. The van der Waals surface area contributed by atoms with E-state index in [0.29, 0.717) is 6.04 Å². The molecular weight excluding hydrogens is 252 g/mol. The normalized spacial score (nSPS) is 26.3. The molecule has 4 heteroatoms. The van der Waals surface area contributed by atoms with Crippen LogP contribution in [-0.2, 0) is 6.54 Å². The SMILES string of the molecule is CCC1CCN(Cc2cc(Cl)cs2)C(CN)C1. The maximum atomic E-state index is 5.96. The molecule has 0 spiro atoms. The highest BCUT2D eigenvalue weighted by atomic mass is 35.5. The van der Waals surface area contributed by atoms with Gasteiger partial charge < -0.3 is 5.73 Å². The Bertz CT molecular complexity index is 353. The first-order valence-electron chi connectivity index (χ1n) is 6.40. The van der Waals surface area contributed by atoms with Crippen LogP contribution >= 0.6 is 22.9 Å². The summed E-state index contributed by atoms with van der Waals surface area (Å²) in [6, 6.07) is 2.63. The fourth-order valence-corrected chi connectivity index (χ4v) is 3.74. The van der Waals surface area contributed by atoms with Crippen LogP contribution in [0.1, 0.15) is 31.1 Å². The summed E-state index contributed by atoms with van der Waals surface area (Å²) in [5.41, 5.74) is 5.91. The number of halogens is 1. The minimum Gasteiger partial charge on any atom is -0.329 e. The van der Waals surface area contributed by atoms with Gasteiger partial charge in [-0.2, -0.15) is 0 Å². The van der Waals surface area contributed by atoms with E-state index in [1.807, 2.05) is 5.38 Å². The third-order valence-corrected chi connectivity index (χ3v) is 5.05. The van der Waals surface area contributed by atoms with Crippen LogP contribution in [0.15, 0.2) is 11.4 Å². The van der Waals surface area contributed by atoms with Crippen molar-refractivity contribution in [1.29, 1.82) is 0 Å². The molecule has 0 saturated carbocycles. The van der Waals surface area contributed by atoms with Crippen molar-refractivity contribution in [1.82, 2.24) is 4.90 Å². The van der Waals surface area contributed by atoms with E-state index in [1.165, 1.54) is 30.7 Å². The van der Waals surface area contributed by atoms with E-state index in [1.54, 1.807) is 11.3 Å². The Morgan fingerprint density at radius 3 is 3.00 bits per heavy atom. The van der Waals surface area contributed by atoms with E-state index in [9.17, 15) is 0 Å². The molecule has 2 N–H and O–H groups in total. The Hall–Kier alpha value is -0.0900. The van der Waals surface area contributed by atoms with Gasteiger partial charge in [-0.25, -0.2) is 0 Å². The molecule has 0 aromatic carbocycles. The second kappa shape index (κ2) is 6.19.